The lowest BCUT2D eigenvalue weighted by Crippen LogP contribution is -2.49. The first kappa shape index (κ1) is 16.0. The number of nitrogens with zero attached hydrogens (tertiary/aromatic N) is 2. The topological polar surface area (TPSA) is 57.7 Å². The molecule has 0 spiro atoms. The molecule has 2 aliphatic rings. The first-order valence-corrected chi connectivity index (χ1v) is 8.05. The van der Waals surface area contributed by atoms with Gasteiger partial charge in [0.25, 0.3) is 5.91 Å². The van der Waals surface area contributed by atoms with Gasteiger partial charge in [-0.3, -0.25) is 14.4 Å². The molecule has 0 aromatic carbocycles. The molecular formula is C16H26N2O3. The quantitative estimate of drug-likeness (QED) is 0.721. The van der Waals surface area contributed by atoms with Crippen molar-refractivity contribution in [2.45, 2.75) is 52.5 Å². The molecule has 0 bridgehead atoms. The smallest absolute Gasteiger partial charge is 0.290 e. The monoisotopic (exact) mass is 294 g/mol. The molecule has 2 fully saturated rings. The van der Waals surface area contributed by atoms with E-state index in [1.165, 1.54) is 12.8 Å². The molecule has 5 nitrogen and oxygen atoms in total. The van der Waals surface area contributed by atoms with Crippen LogP contribution in [0.4, 0.5) is 0 Å². The molecule has 0 N–H and O–H groups in total. The summed E-state index contributed by atoms with van der Waals surface area (Å²) in [7, 11) is 0. The lowest BCUT2D eigenvalue weighted by Gasteiger charge is -2.34. The SMILES string of the molecule is CCC(=O)C(=O)N1CCC(=O)N(CC2CC2)C(C(C)C)C1. The van der Waals surface area contributed by atoms with Crippen molar-refractivity contribution < 1.29 is 14.4 Å². The third kappa shape index (κ3) is 3.83. The summed E-state index contributed by atoms with van der Waals surface area (Å²) >= 11 is 0. The van der Waals surface area contributed by atoms with Crippen molar-refractivity contribution in [1.29, 1.82) is 0 Å². The molecule has 1 atom stereocenters. The summed E-state index contributed by atoms with van der Waals surface area (Å²) < 4.78 is 0. The van der Waals surface area contributed by atoms with E-state index in [4.69, 9.17) is 0 Å². The van der Waals surface area contributed by atoms with Gasteiger partial charge >= 0.3 is 0 Å². The van der Waals surface area contributed by atoms with Crippen molar-refractivity contribution in [1.82, 2.24) is 9.80 Å². The maximum absolute atomic E-state index is 12.4. The van der Waals surface area contributed by atoms with Crippen LogP contribution in [-0.2, 0) is 14.4 Å². The lowest BCUT2D eigenvalue weighted by atomic mass is 10.0. The molecule has 5 heteroatoms. The van der Waals surface area contributed by atoms with Gasteiger partial charge in [-0.05, 0) is 24.7 Å². The normalized spacial score (nSPS) is 23.4. The standard InChI is InChI=1S/C16H26N2O3/c1-4-14(19)16(21)17-8-7-15(20)18(9-12-5-6-12)13(10-17)11(2)3/h11-13H,4-10H2,1-3H3. The number of carbonyl (C=O) groups excluding carboxylic acids is 3. The number of rotatable bonds is 5. The molecule has 1 aliphatic carbocycles. The van der Waals surface area contributed by atoms with Gasteiger partial charge in [0, 0.05) is 32.5 Å². The summed E-state index contributed by atoms with van der Waals surface area (Å²) in [6, 6.07) is 0.0224. The zero-order valence-corrected chi connectivity index (χ0v) is 13.3. The van der Waals surface area contributed by atoms with E-state index in [0.717, 1.165) is 6.54 Å². The van der Waals surface area contributed by atoms with E-state index in [2.05, 4.69) is 13.8 Å². The van der Waals surface area contributed by atoms with Crippen LogP contribution in [0.25, 0.3) is 0 Å². The van der Waals surface area contributed by atoms with Crippen molar-refractivity contribution in [3.05, 3.63) is 0 Å². The Balaban J connectivity index is 2.14. The molecule has 2 rings (SSSR count). The number of hydrogen-bond donors (Lipinski definition) is 0. The van der Waals surface area contributed by atoms with Gasteiger partial charge < -0.3 is 9.80 Å². The Kier molecular flexibility index (Phi) is 5.01. The van der Waals surface area contributed by atoms with E-state index in [1.807, 2.05) is 4.90 Å². The fourth-order valence-corrected chi connectivity index (χ4v) is 2.87. The zero-order valence-electron chi connectivity index (χ0n) is 13.3. The predicted molar refractivity (Wildman–Crippen MR) is 79.6 cm³/mol. The number of amides is 2. The highest BCUT2D eigenvalue weighted by atomic mass is 16.2. The third-order valence-corrected chi connectivity index (χ3v) is 4.49. The van der Waals surface area contributed by atoms with E-state index in [0.29, 0.717) is 25.4 Å². The number of ketones is 1. The highest BCUT2D eigenvalue weighted by molar-refractivity contribution is 6.36. The van der Waals surface area contributed by atoms with Crippen LogP contribution in [0.3, 0.4) is 0 Å². The van der Waals surface area contributed by atoms with Crippen LogP contribution in [-0.4, -0.2) is 53.1 Å². The number of hydrogen-bond acceptors (Lipinski definition) is 3. The highest BCUT2D eigenvalue weighted by Crippen LogP contribution is 2.32. The summed E-state index contributed by atoms with van der Waals surface area (Å²) in [6.45, 7) is 7.52. The van der Waals surface area contributed by atoms with E-state index in [-0.39, 0.29) is 30.1 Å². The molecule has 2 amide bonds. The molecule has 1 saturated heterocycles. The Morgan fingerprint density at radius 1 is 1.29 bits per heavy atom. The minimum Gasteiger partial charge on any atom is -0.337 e. The second-order valence-electron chi connectivity index (χ2n) is 6.58. The average Bonchev–Trinajstić information content (AvgIpc) is 3.27. The van der Waals surface area contributed by atoms with Gasteiger partial charge in [-0.15, -0.1) is 0 Å². The Bertz CT molecular complexity index is 429. The predicted octanol–water partition coefficient (Wildman–Crippen LogP) is 1.46. The van der Waals surface area contributed by atoms with Crippen LogP contribution >= 0.6 is 0 Å². The van der Waals surface area contributed by atoms with Crippen molar-refractivity contribution in [2.75, 3.05) is 19.6 Å². The summed E-state index contributed by atoms with van der Waals surface area (Å²) in [5, 5.41) is 0. The summed E-state index contributed by atoms with van der Waals surface area (Å²) in [5.74, 6) is 0.247. The number of Topliss-reactive ketones (excluding diaryl/α,β-unsaturated/α-hetero) is 1. The second kappa shape index (κ2) is 6.58. The van der Waals surface area contributed by atoms with Crippen molar-refractivity contribution in [3.8, 4) is 0 Å². The van der Waals surface area contributed by atoms with Gasteiger partial charge in [0.2, 0.25) is 11.7 Å². The number of carbonyl (C=O) groups is 3. The minimum absolute atomic E-state index is 0.0224. The molecule has 1 unspecified atom stereocenters. The van der Waals surface area contributed by atoms with Gasteiger partial charge in [-0.2, -0.15) is 0 Å². The fourth-order valence-electron chi connectivity index (χ4n) is 2.87. The van der Waals surface area contributed by atoms with Gasteiger partial charge in [0.05, 0.1) is 6.04 Å². The Hall–Kier alpha value is -1.39. The first-order chi connectivity index (χ1) is 9.93. The Labute approximate surface area is 126 Å². The van der Waals surface area contributed by atoms with Crippen molar-refractivity contribution in [2.24, 2.45) is 11.8 Å². The third-order valence-electron chi connectivity index (χ3n) is 4.49. The Morgan fingerprint density at radius 3 is 2.48 bits per heavy atom. The molecular weight excluding hydrogens is 268 g/mol. The fraction of sp³-hybridized carbons (Fsp3) is 0.812. The Morgan fingerprint density at radius 2 is 1.95 bits per heavy atom. The molecule has 1 aliphatic heterocycles. The highest BCUT2D eigenvalue weighted by Gasteiger charge is 2.37. The van der Waals surface area contributed by atoms with E-state index >= 15 is 0 Å². The van der Waals surface area contributed by atoms with E-state index in [9.17, 15) is 14.4 Å². The second-order valence-corrected chi connectivity index (χ2v) is 6.58. The molecule has 0 radical (unpaired) electrons. The van der Waals surface area contributed by atoms with Crippen LogP contribution in [0.1, 0.15) is 46.5 Å². The first-order valence-electron chi connectivity index (χ1n) is 8.05. The zero-order chi connectivity index (χ0) is 15.6. The van der Waals surface area contributed by atoms with Crippen LogP contribution in [0.5, 0.6) is 0 Å². The average molecular weight is 294 g/mol. The lowest BCUT2D eigenvalue weighted by molar-refractivity contribution is -0.144. The van der Waals surface area contributed by atoms with Gasteiger partial charge in [0.15, 0.2) is 0 Å². The van der Waals surface area contributed by atoms with Gasteiger partial charge in [-0.25, -0.2) is 0 Å². The molecule has 1 saturated carbocycles. The summed E-state index contributed by atoms with van der Waals surface area (Å²) in [5.41, 5.74) is 0. The van der Waals surface area contributed by atoms with Crippen molar-refractivity contribution in [3.63, 3.8) is 0 Å². The van der Waals surface area contributed by atoms with Crippen LogP contribution < -0.4 is 0 Å². The summed E-state index contributed by atoms with van der Waals surface area (Å²) in [4.78, 5) is 39.8. The van der Waals surface area contributed by atoms with E-state index in [1.54, 1.807) is 11.8 Å². The maximum atomic E-state index is 12.4. The molecule has 0 aromatic rings. The molecule has 21 heavy (non-hydrogen) atoms. The van der Waals surface area contributed by atoms with Gasteiger partial charge in [0.1, 0.15) is 0 Å². The summed E-state index contributed by atoms with van der Waals surface area (Å²) in [6.07, 6.45) is 2.96. The maximum Gasteiger partial charge on any atom is 0.290 e. The molecule has 1 heterocycles. The molecule has 118 valence electrons. The van der Waals surface area contributed by atoms with Crippen LogP contribution in [0, 0.1) is 11.8 Å². The van der Waals surface area contributed by atoms with Crippen molar-refractivity contribution >= 4 is 17.6 Å². The minimum atomic E-state index is -0.427. The van der Waals surface area contributed by atoms with Crippen LogP contribution in [0.2, 0.25) is 0 Å². The van der Waals surface area contributed by atoms with E-state index < -0.39 is 5.91 Å². The van der Waals surface area contributed by atoms with Gasteiger partial charge in [-0.1, -0.05) is 20.8 Å². The largest absolute Gasteiger partial charge is 0.337 e. The molecule has 0 aromatic heterocycles. The van der Waals surface area contributed by atoms with Crippen LogP contribution in [0.15, 0.2) is 0 Å².